The molecule has 0 aliphatic rings. The van der Waals surface area contributed by atoms with Gasteiger partial charge in [-0.25, -0.2) is 22.0 Å². The van der Waals surface area contributed by atoms with Crippen molar-refractivity contribution in [2.45, 2.75) is 4.90 Å². The third-order valence-corrected chi connectivity index (χ3v) is 5.04. The van der Waals surface area contributed by atoms with Gasteiger partial charge in [0.15, 0.2) is 9.84 Å². The lowest BCUT2D eigenvalue weighted by Gasteiger charge is -2.05. The molecule has 0 aliphatic heterocycles. The molecule has 9 nitrogen and oxygen atoms in total. The fraction of sp³-hybridized carbons (Fsp3) is 0.222. The van der Waals surface area contributed by atoms with Gasteiger partial charge in [0.05, 0.1) is 28.1 Å². The predicted octanol–water partition coefficient (Wildman–Crippen LogP) is -0.471. The van der Waals surface area contributed by atoms with Crippen LogP contribution in [0.1, 0.15) is 5.56 Å². The molecule has 108 valence electrons. The number of sulfone groups is 1. The molecule has 0 heterocycles. The molecule has 1 rings (SSSR count). The number of nitro benzene ring substituents is 1. The van der Waals surface area contributed by atoms with Crippen molar-refractivity contribution in [3.8, 4) is 6.07 Å². The maximum atomic E-state index is 11.9. The Labute approximate surface area is 114 Å². The number of rotatable bonds is 5. The number of nitrogens with two attached hydrogens (primary N) is 1. The lowest BCUT2D eigenvalue weighted by atomic mass is 10.2. The van der Waals surface area contributed by atoms with Gasteiger partial charge in [-0.1, -0.05) is 0 Å². The number of primary sulfonamides is 1. The van der Waals surface area contributed by atoms with Crippen LogP contribution in [-0.2, 0) is 19.9 Å². The van der Waals surface area contributed by atoms with Crippen molar-refractivity contribution in [1.29, 1.82) is 5.26 Å². The van der Waals surface area contributed by atoms with Crippen LogP contribution in [0.4, 0.5) is 5.69 Å². The van der Waals surface area contributed by atoms with Crippen LogP contribution in [-0.4, -0.2) is 33.3 Å². The highest BCUT2D eigenvalue weighted by Crippen LogP contribution is 2.25. The molecule has 0 spiro atoms. The molecule has 0 bridgehead atoms. The number of nitrogens with zero attached hydrogens (tertiary/aromatic N) is 2. The fourth-order valence-corrected chi connectivity index (χ4v) is 4.08. The molecule has 0 saturated carbocycles. The summed E-state index contributed by atoms with van der Waals surface area (Å²) in [7, 11) is -8.22. The molecule has 20 heavy (non-hydrogen) atoms. The number of nitro groups is 1. The van der Waals surface area contributed by atoms with E-state index in [1.54, 1.807) is 6.07 Å². The van der Waals surface area contributed by atoms with Gasteiger partial charge in [0.1, 0.15) is 4.90 Å². The summed E-state index contributed by atoms with van der Waals surface area (Å²) >= 11 is 0. The lowest BCUT2D eigenvalue weighted by Crippen LogP contribution is -2.23. The van der Waals surface area contributed by atoms with E-state index in [2.05, 4.69) is 0 Å². The summed E-state index contributed by atoms with van der Waals surface area (Å²) in [6, 6.07) is 4.44. The number of hydrogen-bond donors (Lipinski definition) is 1. The van der Waals surface area contributed by atoms with E-state index >= 15 is 0 Å². The first kappa shape index (κ1) is 16.0. The molecule has 0 radical (unpaired) electrons. The first-order valence-corrected chi connectivity index (χ1v) is 8.35. The van der Waals surface area contributed by atoms with Crippen LogP contribution in [0, 0.1) is 21.4 Å². The Morgan fingerprint density at radius 2 is 1.85 bits per heavy atom. The topological polar surface area (TPSA) is 161 Å². The average molecular weight is 319 g/mol. The Hall–Kier alpha value is -2.03. The van der Waals surface area contributed by atoms with Gasteiger partial charge in [-0.2, -0.15) is 5.26 Å². The molecule has 0 aliphatic carbocycles. The normalized spacial score (nSPS) is 11.8. The zero-order valence-electron chi connectivity index (χ0n) is 9.88. The maximum absolute atomic E-state index is 11.9. The van der Waals surface area contributed by atoms with Gasteiger partial charge in [0, 0.05) is 6.07 Å². The van der Waals surface area contributed by atoms with Gasteiger partial charge < -0.3 is 0 Å². The molecule has 0 fully saturated rings. The Balaban J connectivity index is 3.32. The molecule has 0 saturated heterocycles. The van der Waals surface area contributed by atoms with Crippen molar-refractivity contribution in [2.24, 2.45) is 5.14 Å². The van der Waals surface area contributed by atoms with Gasteiger partial charge in [-0.05, 0) is 12.1 Å². The summed E-state index contributed by atoms with van der Waals surface area (Å²) in [5.74, 6) is -1.73. The highest BCUT2D eigenvalue weighted by atomic mass is 32.2. The van der Waals surface area contributed by atoms with Crippen molar-refractivity contribution in [2.75, 3.05) is 11.5 Å². The van der Waals surface area contributed by atoms with E-state index in [-0.39, 0.29) is 5.56 Å². The summed E-state index contributed by atoms with van der Waals surface area (Å²) < 4.78 is 45.3. The fourth-order valence-electron chi connectivity index (χ4n) is 1.33. The van der Waals surface area contributed by atoms with Crippen molar-refractivity contribution in [1.82, 2.24) is 0 Å². The molecule has 0 atom stereocenters. The summed E-state index contributed by atoms with van der Waals surface area (Å²) in [6.45, 7) is 0. The van der Waals surface area contributed by atoms with Gasteiger partial charge in [-0.3, -0.25) is 10.1 Å². The lowest BCUT2D eigenvalue weighted by molar-refractivity contribution is -0.387. The second-order valence-corrected chi connectivity index (χ2v) is 7.55. The number of benzene rings is 1. The minimum Gasteiger partial charge on any atom is -0.258 e. The number of nitriles is 1. The quantitative estimate of drug-likeness (QED) is 0.566. The number of sulfonamides is 1. The average Bonchev–Trinajstić information content (AvgIpc) is 2.35. The Kier molecular flexibility index (Phi) is 4.43. The Bertz CT molecular complexity index is 791. The summed E-state index contributed by atoms with van der Waals surface area (Å²) in [5, 5.41) is 24.2. The second-order valence-electron chi connectivity index (χ2n) is 3.74. The maximum Gasteiger partial charge on any atom is 0.289 e. The van der Waals surface area contributed by atoms with Crippen LogP contribution in [0.3, 0.4) is 0 Å². The molecule has 0 aromatic heterocycles. The summed E-state index contributed by atoms with van der Waals surface area (Å²) in [5.41, 5.74) is -0.861. The van der Waals surface area contributed by atoms with E-state index in [1.165, 1.54) is 0 Å². The summed E-state index contributed by atoms with van der Waals surface area (Å²) in [6.07, 6.45) is 0. The standard InChI is InChI=1S/C9H9N3O6S2/c10-6-7-1-2-9(8(5-7)12(13)14)19(15,16)3-4-20(11,17)18/h1-2,5H,3-4H2,(H2,11,17,18). The van der Waals surface area contributed by atoms with Crippen LogP contribution >= 0.6 is 0 Å². The van der Waals surface area contributed by atoms with E-state index in [4.69, 9.17) is 10.4 Å². The third-order valence-electron chi connectivity index (χ3n) is 2.26. The molecule has 2 N–H and O–H groups in total. The van der Waals surface area contributed by atoms with Gasteiger partial charge >= 0.3 is 0 Å². The van der Waals surface area contributed by atoms with Gasteiger partial charge in [0.2, 0.25) is 10.0 Å². The van der Waals surface area contributed by atoms with E-state index in [9.17, 15) is 26.9 Å². The van der Waals surface area contributed by atoms with Crippen molar-refractivity contribution in [3.63, 3.8) is 0 Å². The zero-order valence-corrected chi connectivity index (χ0v) is 11.5. The van der Waals surface area contributed by atoms with Crippen molar-refractivity contribution in [3.05, 3.63) is 33.9 Å². The van der Waals surface area contributed by atoms with Gasteiger partial charge in [0.25, 0.3) is 5.69 Å². The molecule has 0 amide bonds. The number of hydrogen-bond acceptors (Lipinski definition) is 7. The minimum absolute atomic E-state index is 0.0814. The van der Waals surface area contributed by atoms with E-state index in [1.807, 2.05) is 0 Å². The molecule has 1 aromatic carbocycles. The van der Waals surface area contributed by atoms with Crippen molar-refractivity contribution >= 4 is 25.5 Å². The summed E-state index contributed by atoms with van der Waals surface area (Å²) in [4.78, 5) is 9.22. The van der Waals surface area contributed by atoms with Gasteiger partial charge in [-0.15, -0.1) is 0 Å². The van der Waals surface area contributed by atoms with Crippen molar-refractivity contribution < 1.29 is 21.8 Å². The minimum atomic E-state index is -4.20. The predicted molar refractivity (Wildman–Crippen MR) is 67.8 cm³/mol. The largest absolute Gasteiger partial charge is 0.289 e. The SMILES string of the molecule is N#Cc1ccc(S(=O)(=O)CCS(N)(=O)=O)c([N+](=O)[O-])c1. The van der Waals surface area contributed by atoms with Crippen LogP contribution in [0.2, 0.25) is 0 Å². The van der Waals surface area contributed by atoms with E-state index in [0.29, 0.717) is 0 Å². The second kappa shape index (κ2) is 5.53. The van der Waals surface area contributed by atoms with Crippen LogP contribution < -0.4 is 5.14 Å². The van der Waals surface area contributed by atoms with Crippen LogP contribution in [0.25, 0.3) is 0 Å². The monoisotopic (exact) mass is 319 g/mol. The molecule has 11 heteroatoms. The molecular formula is C9H9N3O6S2. The van der Waals surface area contributed by atoms with Crippen LogP contribution in [0.15, 0.2) is 23.1 Å². The Morgan fingerprint density at radius 3 is 2.30 bits per heavy atom. The Morgan fingerprint density at radius 1 is 1.25 bits per heavy atom. The zero-order chi connectivity index (χ0) is 15.6. The first-order chi connectivity index (χ1) is 9.07. The van der Waals surface area contributed by atoms with E-state index in [0.717, 1.165) is 18.2 Å². The third kappa shape index (κ3) is 3.98. The first-order valence-electron chi connectivity index (χ1n) is 4.98. The molecule has 1 aromatic rings. The van der Waals surface area contributed by atoms with E-state index < -0.39 is 46.9 Å². The highest BCUT2D eigenvalue weighted by Gasteiger charge is 2.27. The van der Waals surface area contributed by atoms with Crippen LogP contribution in [0.5, 0.6) is 0 Å². The smallest absolute Gasteiger partial charge is 0.258 e. The molecule has 0 unspecified atom stereocenters. The molecular weight excluding hydrogens is 310 g/mol. The highest BCUT2D eigenvalue weighted by molar-refractivity contribution is 7.94.